The Morgan fingerprint density at radius 1 is 1.30 bits per heavy atom. The van der Waals surface area contributed by atoms with E-state index < -0.39 is 35.9 Å². The molecule has 4 atom stereocenters. The fourth-order valence-corrected chi connectivity index (χ4v) is 2.58. The SMILES string of the molecule is CC(=O)O[C@H]1[C@H](O)[C@H]2C=C[C@]1(COC(=O)c1ccccc1)OO2. The average molecular weight is 320 g/mol. The van der Waals surface area contributed by atoms with Gasteiger partial charge in [-0.3, -0.25) is 4.79 Å². The lowest BCUT2D eigenvalue weighted by Crippen LogP contribution is -2.65. The van der Waals surface area contributed by atoms with Crippen LogP contribution in [0.5, 0.6) is 0 Å². The number of aliphatic hydroxyl groups excluding tert-OH is 1. The third kappa shape index (κ3) is 2.98. The molecule has 122 valence electrons. The van der Waals surface area contributed by atoms with Crippen LogP contribution in [0.25, 0.3) is 0 Å². The molecule has 23 heavy (non-hydrogen) atoms. The third-order valence-electron chi connectivity index (χ3n) is 3.74. The molecule has 4 rings (SSSR count). The first kappa shape index (κ1) is 15.7. The molecule has 7 nitrogen and oxygen atoms in total. The van der Waals surface area contributed by atoms with Crippen LogP contribution in [0.15, 0.2) is 42.5 Å². The normalized spacial score (nSPS) is 31.7. The number of carbonyl (C=O) groups is 2. The summed E-state index contributed by atoms with van der Waals surface area (Å²) < 4.78 is 10.4. The van der Waals surface area contributed by atoms with Crippen LogP contribution >= 0.6 is 0 Å². The Kier molecular flexibility index (Phi) is 4.16. The van der Waals surface area contributed by atoms with E-state index in [9.17, 15) is 14.7 Å². The molecule has 0 aromatic heterocycles. The number of fused-ring (bicyclic) bond motifs is 2. The summed E-state index contributed by atoms with van der Waals surface area (Å²) in [7, 11) is 0. The highest BCUT2D eigenvalue weighted by Crippen LogP contribution is 2.37. The zero-order valence-electron chi connectivity index (χ0n) is 12.4. The summed E-state index contributed by atoms with van der Waals surface area (Å²) in [5.41, 5.74) is -0.993. The summed E-state index contributed by atoms with van der Waals surface area (Å²) >= 11 is 0. The Morgan fingerprint density at radius 2 is 2.04 bits per heavy atom. The van der Waals surface area contributed by atoms with Crippen molar-refractivity contribution in [2.24, 2.45) is 0 Å². The predicted molar refractivity (Wildman–Crippen MR) is 76.1 cm³/mol. The maximum absolute atomic E-state index is 12.1. The molecular weight excluding hydrogens is 304 g/mol. The van der Waals surface area contributed by atoms with Crippen LogP contribution in [0, 0.1) is 0 Å². The molecule has 0 spiro atoms. The number of rotatable bonds is 4. The molecular formula is C16H16O7. The lowest BCUT2D eigenvalue weighted by molar-refractivity contribution is -0.438. The van der Waals surface area contributed by atoms with Gasteiger partial charge in [0.15, 0.2) is 11.7 Å². The quantitative estimate of drug-likeness (QED) is 0.498. The van der Waals surface area contributed by atoms with Crippen LogP contribution < -0.4 is 0 Å². The Balaban J connectivity index is 1.76. The topological polar surface area (TPSA) is 91.3 Å². The van der Waals surface area contributed by atoms with Crippen LogP contribution in [0.4, 0.5) is 0 Å². The van der Waals surface area contributed by atoms with E-state index in [1.165, 1.54) is 6.92 Å². The molecule has 1 aliphatic carbocycles. The van der Waals surface area contributed by atoms with Gasteiger partial charge in [0.1, 0.15) is 18.8 Å². The van der Waals surface area contributed by atoms with E-state index in [-0.39, 0.29) is 6.61 Å². The van der Waals surface area contributed by atoms with Gasteiger partial charge in [0.05, 0.1) is 5.56 Å². The summed E-state index contributed by atoms with van der Waals surface area (Å²) in [6.45, 7) is 0.961. The van der Waals surface area contributed by atoms with Crippen LogP contribution in [-0.4, -0.2) is 47.6 Å². The van der Waals surface area contributed by atoms with Crippen LogP contribution in [0.3, 0.4) is 0 Å². The first-order valence-electron chi connectivity index (χ1n) is 7.13. The number of aliphatic hydroxyl groups is 1. The van der Waals surface area contributed by atoms with Gasteiger partial charge in [-0.05, 0) is 18.2 Å². The molecule has 1 N–H and O–H groups in total. The van der Waals surface area contributed by atoms with Crippen molar-refractivity contribution in [3.63, 3.8) is 0 Å². The standard InChI is InChI=1S/C16H16O7/c1-10(17)21-14-13(18)12-7-8-16(14,23-22-12)9-20-15(19)11-5-3-2-4-6-11/h2-8,12-14,18H,9H2,1H3/t12-,13-,14+,16-/m1/s1. The fourth-order valence-electron chi connectivity index (χ4n) is 2.58. The lowest BCUT2D eigenvalue weighted by Gasteiger charge is -2.47. The zero-order chi connectivity index (χ0) is 16.4. The summed E-state index contributed by atoms with van der Waals surface area (Å²) in [6.07, 6.45) is 0.316. The van der Waals surface area contributed by atoms with Crippen molar-refractivity contribution in [2.75, 3.05) is 6.61 Å². The van der Waals surface area contributed by atoms with Crippen molar-refractivity contribution in [2.45, 2.75) is 30.8 Å². The van der Waals surface area contributed by atoms with E-state index in [1.807, 2.05) is 0 Å². The summed E-state index contributed by atoms with van der Waals surface area (Å²) in [6, 6.07) is 8.44. The summed E-state index contributed by atoms with van der Waals surface area (Å²) in [4.78, 5) is 33.6. The minimum atomic E-state index is -1.37. The van der Waals surface area contributed by atoms with Crippen molar-refractivity contribution in [1.29, 1.82) is 0 Å². The second kappa shape index (κ2) is 6.11. The minimum Gasteiger partial charge on any atom is -0.458 e. The molecule has 0 amide bonds. The minimum absolute atomic E-state index is 0.265. The number of carbonyl (C=O) groups excluding carboxylic acids is 2. The Bertz CT molecular complexity index is 627. The zero-order valence-corrected chi connectivity index (χ0v) is 12.4. The van der Waals surface area contributed by atoms with E-state index in [1.54, 1.807) is 42.5 Å². The van der Waals surface area contributed by atoms with Crippen molar-refractivity contribution < 1.29 is 33.9 Å². The van der Waals surface area contributed by atoms with E-state index >= 15 is 0 Å². The molecule has 0 unspecified atom stereocenters. The van der Waals surface area contributed by atoms with Crippen LogP contribution in [0.1, 0.15) is 17.3 Å². The van der Waals surface area contributed by atoms with Crippen molar-refractivity contribution in [3.8, 4) is 0 Å². The molecule has 2 aliphatic heterocycles. The highest BCUT2D eigenvalue weighted by molar-refractivity contribution is 5.89. The van der Waals surface area contributed by atoms with Gasteiger partial charge in [-0.2, -0.15) is 0 Å². The number of ether oxygens (including phenoxy) is 2. The monoisotopic (exact) mass is 320 g/mol. The molecule has 1 aromatic carbocycles. The molecule has 1 saturated heterocycles. The largest absolute Gasteiger partial charge is 0.458 e. The molecule has 2 heterocycles. The van der Waals surface area contributed by atoms with Crippen LogP contribution in [-0.2, 0) is 24.0 Å². The second-order valence-corrected chi connectivity index (χ2v) is 5.42. The maximum Gasteiger partial charge on any atom is 0.338 e. The number of hydrogen-bond acceptors (Lipinski definition) is 7. The summed E-state index contributed by atoms with van der Waals surface area (Å²) in [5, 5.41) is 10.2. The molecule has 1 fully saturated rings. The van der Waals surface area contributed by atoms with E-state index in [0.717, 1.165) is 0 Å². The van der Waals surface area contributed by atoms with E-state index in [0.29, 0.717) is 5.56 Å². The maximum atomic E-state index is 12.1. The first-order valence-corrected chi connectivity index (χ1v) is 7.13. The number of esters is 2. The molecule has 0 saturated carbocycles. The smallest absolute Gasteiger partial charge is 0.338 e. The van der Waals surface area contributed by atoms with Gasteiger partial charge in [0.25, 0.3) is 0 Å². The van der Waals surface area contributed by atoms with Crippen molar-refractivity contribution >= 4 is 11.9 Å². The van der Waals surface area contributed by atoms with Crippen LogP contribution in [0.2, 0.25) is 0 Å². The molecule has 0 radical (unpaired) electrons. The van der Waals surface area contributed by atoms with Gasteiger partial charge in [-0.25, -0.2) is 14.6 Å². The van der Waals surface area contributed by atoms with Gasteiger partial charge in [-0.1, -0.05) is 24.3 Å². The first-order chi connectivity index (χ1) is 11.0. The molecule has 1 aromatic rings. The highest BCUT2D eigenvalue weighted by atomic mass is 17.2. The van der Waals surface area contributed by atoms with Crippen molar-refractivity contribution in [3.05, 3.63) is 48.0 Å². The number of hydrogen-bond donors (Lipinski definition) is 1. The molecule has 2 bridgehead atoms. The van der Waals surface area contributed by atoms with E-state index in [4.69, 9.17) is 19.2 Å². The van der Waals surface area contributed by atoms with E-state index in [2.05, 4.69) is 0 Å². The molecule has 7 heteroatoms. The van der Waals surface area contributed by atoms with Gasteiger partial charge in [0.2, 0.25) is 0 Å². The average Bonchev–Trinajstić information content (AvgIpc) is 2.57. The Morgan fingerprint density at radius 3 is 2.65 bits per heavy atom. The third-order valence-corrected chi connectivity index (χ3v) is 3.74. The van der Waals surface area contributed by atoms with Gasteiger partial charge < -0.3 is 14.6 Å². The van der Waals surface area contributed by atoms with Gasteiger partial charge in [-0.15, -0.1) is 0 Å². The molecule has 3 aliphatic rings. The highest BCUT2D eigenvalue weighted by Gasteiger charge is 2.56. The second-order valence-electron chi connectivity index (χ2n) is 5.42. The number of benzene rings is 1. The fraction of sp³-hybridized carbons (Fsp3) is 0.375. The Hall–Kier alpha value is -2.22. The van der Waals surface area contributed by atoms with Crippen molar-refractivity contribution in [1.82, 2.24) is 0 Å². The predicted octanol–water partition coefficient (Wildman–Crippen LogP) is 0.775. The van der Waals surface area contributed by atoms with Gasteiger partial charge >= 0.3 is 11.9 Å². The van der Waals surface area contributed by atoms with Gasteiger partial charge in [0, 0.05) is 6.92 Å². The summed E-state index contributed by atoms with van der Waals surface area (Å²) in [5.74, 6) is -1.13. The lowest BCUT2D eigenvalue weighted by atomic mass is 9.84. The Labute approximate surface area is 132 Å².